The van der Waals surface area contributed by atoms with Crippen LogP contribution in [-0.2, 0) is 0 Å². The Hall–Kier alpha value is -2.67. The Bertz CT molecular complexity index is 862. The quantitative estimate of drug-likeness (QED) is 0.544. The number of fused-ring (bicyclic) bond motifs is 1. The van der Waals surface area contributed by atoms with Crippen LogP contribution in [0.15, 0.2) is 36.8 Å². The number of aromatic nitrogens is 3. The van der Waals surface area contributed by atoms with Crippen molar-refractivity contribution in [3.8, 4) is 11.6 Å². The molecule has 0 amide bonds. The Morgan fingerprint density at radius 3 is 2.86 bits per heavy atom. The van der Waals surface area contributed by atoms with Crippen molar-refractivity contribution in [3.63, 3.8) is 0 Å². The summed E-state index contributed by atoms with van der Waals surface area (Å²) in [6.45, 7) is 2.28. The zero-order valence-electron chi connectivity index (χ0n) is 11.6. The van der Waals surface area contributed by atoms with Gasteiger partial charge >= 0.3 is 0 Å². The summed E-state index contributed by atoms with van der Waals surface area (Å²) in [6.07, 6.45) is 3.16. The normalized spacial score (nSPS) is 10.8. The predicted octanol–water partition coefficient (Wildman–Crippen LogP) is 3.38. The number of pyridine rings is 1. The number of non-ortho nitro benzene ring substituents is 1. The van der Waals surface area contributed by atoms with Gasteiger partial charge in [0.25, 0.3) is 5.69 Å². The summed E-state index contributed by atoms with van der Waals surface area (Å²) in [6, 6.07) is 6.17. The van der Waals surface area contributed by atoms with Crippen molar-refractivity contribution in [3.05, 3.63) is 52.1 Å². The molecule has 112 valence electrons. The maximum Gasteiger partial charge on any atom is 0.270 e. The zero-order valence-corrected chi connectivity index (χ0v) is 12.3. The molecule has 0 aliphatic carbocycles. The van der Waals surface area contributed by atoms with Gasteiger partial charge in [0.15, 0.2) is 0 Å². The van der Waals surface area contributed by atoms with Gasteiger partial charge in [0, 0.05) is 29.8 Å². The highest BCUT2D eigenvalue weighted by Crippen LogP contribution is 2.30. The Morgan fingerprint density at radius 1 is 1.41 bits per heavy atom. The van der Waals surface area contributed by atoms with E-state index in [2.05, 4.69) is 9.97 Å². The van der Waals surface area contributed by atoms with Gasteiger partial charge in [0.2, 0.25) is 0 Å². The minimum atomic E-state index is -0.446. The second kappa shape index (κ2) is 5.61. The number of rotatable bonds is 4. The lowest BCUT2D eigenvalue weighted by Crippen LogP contribution is -2.00. The van der Waals surface area contributed by atoms with Gasteiger partial charge in [-0.3, -0.25) is 14.7 Å². The average Bonchev–Trinajstić information content (AvgIpc) is 2.93. The van der Waals surface area contributed by atoms with Crippen molar-refractivity contribution >= 4 is 28.2 Å². The van der Waals surface area contributed by atoms with Gasteiger partial charge in [-0.2, -0.15) is 0 Å². The van der Waals surface area contributed by atoms with E-state index in [4.69, 9.17) is 16.3 Å². The highest BCUT2D eigenvalue weighted by molar-refractivity contribution is 6.29. The molecular formula is C14H11ClN4O3. The van der Waals surface area contributed by atoms with E-state index in [0.717, 1.165) is 0 Å². The average molecular weight is 319 g/mol. The molecule has 0 saturated carbocycles. The van der Waals surface area contributed by atoms with Crippen molar-refractivity contribution in [1.29, 1.82) is 0 Å². The SMILES string of the molecule is CCOc1cc(-n2cnc(Cl)c2)nc2ccc([N+](=O)[O-])cc12. The fraction of sp³-hybridized carbons (Fsp3) is 0.143. The largest absolute Gasteiger partial charge is 0.493 e. The fourth-order valence-electron chi connectivity index (χ4n) is 2.11. The molecule has 7 nitrogen and oxygen atoms in total. The van der Waals surface area contributed by atoms with Crippen molar-refractivity contribution < 1.29 is 9.66 Å². The number of nitrogens with zero attached hydrogens (tertiary/aromatic N) is 4. The number of ether oxygens (including phenoxy) is 1. The third-order valence-electron chi connectivity index (χ3n) is 3.07. The maximum absolute atomic E-state index is 10.9. The lowest BCUT2D eigenvalue weighted by Gasteiger charge is -2.10. The Kier molecular flexibility index (Phi) is 3.64. The van der Waals surface area contributed by atoms with Crippen molar-refractivity contribution in [2.75, 3.05) is 6.61 Å². The van der Waals surface area contributed by atoms with Gasteiger partial charge < -0.3 is 4.74 Å². The minimum absolute atomic E-state index is 0.00585. The van der Waals surface area contributed by atoms with Gasteiger partial charge in [-0.05, 0) is 13.0 Å². The lowest BCUT2D eigenvalue weighted by molar-refractivity contribution is -0.384. The first-order valence-electron chi connectivity index (χ1n) is 6.50. The van der Waals surface area contributed by atoms with Crippen LogP contribution < -0.4 is 4.74 Å². The Labute approximate surface area is 130 Å². The molecule has 0 N–H and O–H groups in total. The number of nitro benzene ring substituents is 1. The second-order valence-electron chi connectivity index (χ2n) is 4.47. The number of hydrogen-bond acceptors (Lipinski definition) is 5. The van der Waals surface area contributed by atoms with Crippen molar-refractivity contribution in [2.24, 2.45) is 0 Å². The first-order valence-corrected chi connectivity index (χ1v) is 6.88. The van der Waals surface area contributed by atoms with E-state index in [-0.39, 0.29) is 5.69 Å². The summed E-state index contributed by atoms with van der Waals surface area (Å²) in [5, 5.41) is 11.9. The summed E-state index contributed by atoms with van der Waals surface area (Å²) in [5.41, 5.74) is 0.588. The van der Waals surface area contributed by atoms with Crippen LogP contribution in [-0.4, -0.2) is 26.1 Å². The summed E-state index contributed by atoms with van der Waals surface area (Å²) >= 11 is 5.82. The molecule has 3 rings (SSSR count). The smallest absolute Gasteiger partial charge is 0.270 e. The highest BCUT2D eigenvalue weighted by atomic mass is 35.5. The van der Waals surface area contributed by atoms with Crippen LogP contribution in [0.25, 0.3) is 16.7 Å². The lowest BCUT2D eigenvalue weighted by atomic mass is 10.2. The molecule has 0 fully saturated rings. The van der Waals surface area contributed by atoms with Gasteiger partial charge in [-0.1, -0.05) is 11.6 Å². The maximum atomic E-state index is 10.9. The van der Waals surface area contributed by atoms with Crippen LogP contribution in [0, 0.1) is 10.1 Å². The Balaban J connectivity index is 2.21. The summed E-state index contributed by atoms with van der Waals surface area (Å²) in [5.74, 6) is 1.10. The molecule has 0 radical (unpaired) electrons. The van der Waals surface area contributed by atoms with E-state index in [9.17, 15) is 10.1 Å². The molecule has 0 aliphatic heterocycles. The molecule has 2 heterocycles. The molecular weight excluding hydrogens is 308 g/mol. The molecule has 0 bridgehead atoms. The first-order chi connectivity index (χ1) is 10.6. The van der Waals surface area contributed by atoms with E-state index in [1.54, 1.807) is 22.9 Å². The van der Waals surface area contributed by atoms with E-state index in [0.29, 0.717) is 34.2 Å². The third kappa shape index (κ3) is 2.58. The third-order valence-corrected chi connectivity index (χ3v) is 3.26. The van der Waals surface area contributed by atoms with E-state index in [1.807, 2.05) is 6.92 Å². The molecule has 2 aromatic heterocycles. The van der Waals surface area contributed by atoms with Crippen LogP contribution in [0.2, 0.25) is 5.15 Å². The number of nitro groups is 1. The summed E-state index contributed by atoms with van der Waals surface area (Å²) in [4.78, 5) is 18.9. The molecule has 0 aliphatic rings. The number of halogens is 1. The molecule has 1 aromatic carbocycles. The zero-order chi connectivity index (χ0) is 15.7. The van der Waals surface area contributed by atoms with Crippen LogP contribution in [0.5, 0.6) is 5.75 Å². The monoisotopic (exact) mass is 318 g/mol. The molecule has 3 aromatic rings. The topological polar surface area (TPSA) is 83.1 Å². The van der Waals surface area contributed by atoms with Gasteiger partial charge in [-0.15, -0.1) is 0 Å². The van der Waals surface area contributed by atoms with Crippen LogP contribution >= 0.6 is 11.6 Å². The van der Waals surface area contributed by atoms with Crippen LogP contribution in [0.3, 0.4) is 0 Å². The second-order valence-corrected chi connectivity index (χ2v) is 4.86. The number of benzene rings is 1. The highest BCUT2D eigenvalue weighted by Gasteiger charge is 2.13. The molecule has 0 atom stereocenters. The van der Waals surface area contributed by atoms with Crippen LogP contribution in [0.1, 0.15) is 6.92 Å². The number of imidazole rings is 1. The summed E-state index contributed by atoms with van der Waals surface area (Å²) < 4.78 is 7.25. The molecule has 0 saturated heterocycles. The van der Waals surface area contributed by atoms with Gasteiger partial charge in [0.1, 0.15) is 23.0 Å². The molecule has 22 heavy (non-hydrogen) atoms. The van der Waals surface area contributed by atoms with E-state index < -0.39 is 4.92 Å². The van der Waals surface area contributed by atoms with Crippen molar-refractivity contribution in [2.45, 2.75) is 6.92 Å². The number of hydrogen-bond donors (Lipinski definition) is 0. The van der Waals surface area contributed by atoms with E-state index >= 15 is 0 Å². The standard InChI is InChI=1S/C14H11ClN4O3/c1-2-22-12-6-14(18-7-13(15)16-8-18)17-11-4-3-9(19(20)21)5-10(11)12/h3-8H,2H2,1H3. The van der Waals surface area contributed by atoms with Gasteiger partial charge in [-0.25, -0.2) is 9.97 Å². The molecule has 0 spiro atoms. The van der Waals surface area contributed by atoms with Crippen LogP contribution in [0.4, 0.5) is 5.69 Å². The molecule has 0 unspecified atom stereocenters. The van der Waals surface area contributed by atoms with Crippen molar-refractivity contribution in [1.82, 2.24) is 14.5 Å². The predicted molar refractivity (Wildman–Crippen MR) is 81.7 cm³/mol. The van der Waals surface area contributed by atoms with E-state index in [1.165, 1.54) is 18.5 Å². The Morgan fingerprint density at radius 2 is 2.23 bits per heavy atom. The minimum Gasteiger partial charge on any atom is -0.493 e. The first kappa shape index (κ1) is 14.3. The molecule has 8 heteroatoms. The fourth-order valence-corrected chi connectivity index (χ4v) is 2.26. The van der Waals surface area contributed by atoms with Gasteiger partial charge in [0.05, 0.1) is 17.0 Å². The summed E-state index contributed by atoms with van der Waals surface area (Å²) in [7, 11) is 0.